The highest BCUT2D eigenvalue weighted by molar-refractivity contribution is 5.46. The number of nitrogens with two attached hydrogens (primary N) is 1. The van der Waals surface area contributed by atoms with Gasteiger partial charge in [0.2, 0.25) is 0 Å². The highest BCUT2D eigenvalue weighted by Gasteiger charge is 2.06. The summed E-state index contributed by atoms with van der Waals surface area (Å²) in [5.41, 5.74) is 7.92. The topological polar surface area (TPSA) is 38.0 Å². The molecule has 0 heterocycles. The fraction of sp³-hybridized carbons (Fsp3) is 0.538. The molecule has 1 aromatic carbocycles. The molecule has 0 saturated heterocycles. The van der Waals surface area contributed by atoms with E-state index in [4.69, 9.17) is 5.73 Å². The summed E-state index contributed by atoms with van der Waals surface area (Å²) in [6, 6.07) is 8.01. The molecule has 15 heavy (non-hydrogen) atoms. The Morgan fingerprint density at radius 1 is 1.20 bits per heavy atom. The Labute approximate surface area is 92.9 Å². The number of anilines is 1. The van der Waals surface area contributed by atoms with Crippen LogP contribution in [0.3, 0.4) is 0 Å². The van der Waals surface area contributed by atoms with Crippen LogP contribution < -0.4 is 11.1 Å². The van der Waals surface area contributed by atoms with Crippen LogP contribution in [0.2, 0.25) is 0 Å². The molecule has 0 aliphatic carbocycles. The number of rotatable bonds is 5. The quantitative estimate of drug-likeness (QED) is 0.727. The largest absolute Gasteiger partial charge is 0.398 e. The van der Waals surface area contributed by atoms with Crippen molar-refractivity contribution < 1.29 is 0 Å². The Morgan fingerprint density at radius 2 is 1.87 bits per heavy atom. The van der Waals surface area contributed by atoms with Crippen LogP contribution in [0.1, 0.15) is 26.3 Å². The van der Waals surface area contributed by atoms with E-state index in [0.717, 1.165) is 24.7 Å². The minimum absolute atomic E-state index is 0.704. The average Bonchev–Trinajstić information content (AvgIpc) is 2.20. The molecule has 0 aliphatic rings. The maximum absolute atomic E-state index is 5.86. The summed E-state index contributed by atoms with van der Waals surface area (Å²) in [5.74, 6) is 1.43. The standard InChI is InChI=1S/C13H22N2/c1-10(2)11(3)8-15-9-12-6-4-5-7-13(12)14/h4-7,10-11,15H,8-9,14H2,1-3H3. The molecule has 0 saturated carbocycles. The lowest BCUT2D eigenvalue weighted by Crippen LogP contribution is -2.24. The number of hydrogen-bond acceptors (Lipinski definition) is 2. The van der Waals surface area contributed by atoms with Crippen molar-refractivity contribution in [2.45, 2.75) is 27.3 Å². The zero-order valence-corrected chi connectivity index (χ0v) is 9.96. The van der Waals surface area contributed by atoms with Crippen LogP contribution in [0.4, 0.5) is 5.69 Å². The van der Waals surface area contributed by atoms with E-state index in [1.165, 1.54) is 5.56 Å². The van der Waals surface area contributed by atoms with Crippen molar-refractivity contribution in [3.63, 3.8) is 0 Å². The minimum atomic E-state index is 0.704. The van der Waals surface area contributed by atoms with Gasteiger partial charge in [0.15, 0.2) is 0 Å². The first-order valence-electron chi connectivity index (χ1n) is 5.65. The van der Waals surface area contributed by atoms with Crippen LogP contribution >= 0.6 is 0 Å². The van der Waals surface area contributed by atoms with Crippen LogP contribution in [0, 0.1) is 11.8 Å². The summed E-state index contributed by atoms with van der Waals surface area (Å²) in [6.07, 6.45) is 0. The Balaban J connectivity index is 2.35. The third-order valence-electron chi connectivity index (χ3n) is 2.97. The second-order valence-corrected chi connectivity index (χ2v) is 4.55. The average molecular weight is 206 g/mol. The van der Waals surface area contributed by atoms with Gasteiger partial charge < -0.3 is 11.1 Å². The summed E-state index contributed by atoms with van der Waals surface area (Å²) in [6.45, 7) is 8.69. The molecule has 1 atom stereocenters. The predicted molar refractivity (Wildman–Crippen MR) is 66.6 cm³/mol. The monoisotopic (exact) mass is 206 g/mol. The molecule has 0 aromatic heterocycles. The van der Waals surface area contributed by atoms with Gasteiger partial charge in [-0.05, 0) is 30.0 Å². The van der Waals surface area contributed by atoms with Crippen LogP contribution in [0.15, 0.2) is 24.3 Å². The van der Waals surface area contributed by atoms with E-state index >= 15 is 0 Å². The van der Waals surface area contributed by atoms with Gasteiger partial charge in [0.05, 0.1) is 0 Å². The van der Waals surface area contributed by atoms with Gasteiger partial charge in [-0.15, -0.1) is 0 Å². The molecular weight excluding hydrogens is 184 g/mol. The van der Waals surface area contributed by atoms with Crippen molar-refractivity contribution in [1.82, 2.24) is 5.32 Å². The molecule has 0 amide bonds. The third kappa shape index (κ3) is 3.92. The van der Waals surface area contributed by atoms with Crippen LogP contribution in [0.25, 0.3) is 0 Å². The number of benzene rings is 1. The zero-order valence-electron chi connectivity index (χ0n) is 9.96. The smallest absolute Gasteiger partial charge is 0.0359 e. The molecule has 0 bridgehead atoms. The van der Waals surface area contributed by atoms with E-state index in [1.54, 1.807) is 0 Å². The summed E-state index contributed by atoms with van der Waals surface area (Å²) in [5, 5.41) is 3.44. The fourth-order valence-corrected chi connectivity index (χ4v) is 1.37. The van der Waals surface area contributed by atoms with Crippen LogP contribution in [-0.4, -0.2) is 6.54 Å². The van der Waals surface area contributed by atoms with Crippen LogP contribution in [-0.2, 0) is 6.54 Å². The minimum Gasteiger partial charge on any atom is -0.398 e. The molecule has 84 valence electrons. The van der Waals surface area contributed by atoms with E-state index in [1.807, 2.05) is 18.2 Å². The van der Waals surface area contributed by atoms with Crippen molar-refractivity contribution in [1.29, 1.82) is 0 Å². The van der Waals surface area contributed by atoms with Gasteiger partial charge in [-0.3, -0.25) is 0 Å². The Kier molecular flexibility index (Phi) is 4.63. The van der Waals surface area contributed by atoms with Gasteiger partial charge in [0, 0.05) is 12.2 Å². The highest BCUT2D eigenvalue weighted by Crippen LogP contribution is 2.11. The molecule has 3 N–H and O–H groups in total. The van der Waals surface area contributed by atoms with Gasteiger partial charge in [0.25, 0.3) is 0 Å². The fourth-order valence-electron chi connectivity index (χ4n) is 1.37. The highest BCUT2D eigenvalue weighted by atomic mass is 14.9. The van der Waals surface area contributed by atoms with Gasteiger partial charge in [-0.25, -0.2) is 0 Å². The molecule has 0 aliphatic heterocycles. The molecule has 0 spiro atoms. The van der Waals surface area contributed by atoms with E-state index in [9.17, 15) is 0 Å². The van der Waals surface area contributed by atoms with E-state index in [2.05, 4.69) is 32.2 Å². The third-order valence-corrected chi connectivity index (χ3v) is 2.97. The first-order chi connectivity index (χ1) is 7.11. The number of hydrogen-bond donors (Lipinski definition) is 2. The van der Waals surface area contributed by atoms with Gasteiger partial charge in [-0.2, -0.15) is 0 Å². The number of nitrogen functional groups attached to an aromatic ring is 1. The van der Waals surface area contributed by atoms with E-state index in [0.29, 0.717) is 5.92 Å². The van der Waals surface area contributed by atoms with E-state index < -0.39 is 0 Å². The maximum atomic E-state index is 5.86. The molecule has 0 fully saturated rings. The Bertz CT molecular complexity index is 294. The van der Waals surface area contributed by atoms with Crippen molar-refractivity contribution in [2.75, 3.05) is 12.3 Å². The number of para-hydroxylation sites is 1. The molecule has 0 radical (unpaired) electrons. The first kappa shape index (κ1) is 12.1. The zero-order chi connectivity index (χ0) is 11.3. The van der Waals surface area contributed by atoms with Crippen molar-refractivity contribution >= 4 is 5.69 Å². The normalized spacial score (nSPS) is 13.1. The number of nitrogens with one attached hydrogen (secondary N) is 1. The molecule has 1 aromatic rings. The maximum Gasteiger partial charge on any atom is 0.0359 e. The van der Waals surface area contributed by atoms with E-state index in [-0.39, 0.29) is 0 Å². The lowest BCUT2D eigenvalue weighted by molar-refractivity contribution is 0.392. The Morgan fingerprint density at radius 3 is 2.47 bits per heavy atom. The first-order valence-corrected chi connectivity index (χ1v) is 5.65. The molecule has 1 unspecified atom stereocenters. The van der Waals surface area contributed by atoms with Gasteiger partial charge >= 0.3 is 0 Å². The SMILES string of the molecule is CC(C)C(C)CNCc1ccccc1N. The lowest BCUT2D eigenvalue weighted by atomic mass is 9.98. The second kappa shape index (κ2) is 5.76. The summed E-state index contributed by atoms with van der Waals surface area (Å²) < 4.78 is 0. The molecule has 2 heteroatoms. The predicted octanol–water partition coefficient (Wildman–Crippen LogP) is 2.65. The van der Waals surface area contributed by atoms with Gasteiger partial charge in [-0.1, -0.05) is 39.0 Å². The Hall–Kier alpha value is -1.02. The van der Waals surface area contributed by atoms with Crippen molar-refractivity contribution in [3.8, 4) is 0 Å². The molecule has 1 rings (SSSR count). The molecular formula is C13H22N2. The van der Waals surface area contributed by atoms with Crippen molar-refractivity contribution in [2.24, 2.45) is 11.8 Å². The second-order valence-electron chi connectivity index (χ2n) is 4.55. The van der Waals surface area contributed by atoms with Gasteiger partial charge in [0.1, 0.15) is 0 Å². The van der Waals surface area contributed by atoms with Crippen LogP contribution in [0.5, 0.6) is 0 Å². The molecule has 2 nitrogen and oxygen atoms in total. The summed E-state index contributed by atoms with van der Waals surface area (Å²) in [4.78, 5) is 0. The summed E-state index contributed by atoms with van der Waals surface area (Å²) in [7, 11) is 0. The summed E-state index contributed by atoms with van der Waals surface area (Å²) >= 11 is 0. The lowest BCUT2D eigenvalue weighted by Gasteiger charge is -2.16. The van der Waals surface area contributed by atoms with Crippen molar-refractivity contribution in [3.05, 3.63) is 29.8 Å².